The standard InChI is InChI=1S/C26H18BrCl4NO4S/c1-2-35-22-10-16(7-17(27)24(22)36-13-15-4-6-19(29)21(31)9-15)11-23-25(33)32(26(34)37-23)12-14-3-5-18(28)20(30)8-14/h3-11H,2,12-13H2,1H3/b23-11-. The Kier molecular flexibility index (Phi) is 9.38. The third-order valence-corrected chi connectivity index (χ3v) is 8.17. The van der Waals surface area contributed by atoms with Gasteiger partial charge in [-0.25, -0.2) is 0 Å². The maximum Gasteiger partial charge on any atom is 0.293 e. The first kappa shape index (κ1) is 28.1. The molecule has 0 atom stereocenters. The van der Waals surface area contributed by atoms with Crippen LogP contribution in [0.5, 0.6) is 11.5 Å². The molecule has 5 nitrogen and oxygen atoms in total. The van der Waals surface area contributed by atoms with Crippen molar-refractivity contribution in [2.45, 2.75) is 20.1 Å². The smallest absolute Gasteiger partial charge is 0.293 e. The molecule has 0 spiro atoms. The van der Waals surface area contributed by atoms with Crippen molar-refractivity contribution >= 4 is 91.3 Å². The molecule has 4 rings (SSSR count). The Morgan fingerprint density at radius 1 is 0.892 bits per heavy atom. The fourth-order valence-corrected chi connectivity index (χ4v) is 5.52. The normalized spacial score (nSPS) is 14.5. The molecule has 0 saturated carbocycles. The highest BCUT2D eigenvalue weighted by atomic mass is 79.9. The largest absolute Gasteiger partial charge is 0.490 e. The van der Waals surface area contributed by atoms with Crippen LogP contribution in [0.15, 0.2) is 57.9 Å². The molecule has 0 N–H and O–H groups in total. The summed E-state index contributed by atoms with van der Waals surface area (Å²) in [6.45, 7) is 2.59. The number of ether oxygens (including phenoxy) is 2. The molecule has 3 aromatic carbocycles. The maximum atomic E-state index is 13.0. The summed E-state index contributed by atoms with van der Waals surface area (Å²) in [6, 6.07) is 13.8. The van der Waals surface area contributed by atoms with Gasteiger partial charge >= 0.3 is 0 Å². The highest BCUT2D eigenvalue weighted by Gasteiger charge is 2.35. The first-order valence-electron chi connectivity index (χ1n) is 10.9. The first-order chi connectivity index (χ1) is 17.7. The molecule has 1 aliphatic heterocycles. The van der Waals surface area contributed by atoms with Gasteiger partial charge in [0.2, 0.25) is 0 Å². The Hall–Kier alpha value is -1.87. The second-order valence-electron chi connectivity index (χ2n) is 7.82. The van der Waals surface area contributed by atoms with Gasteiger partial charge in [-0.15, -0.1) is 0 Å². The van der Waals surface area contributed by atoms with Crippen LogP contribution in [-0.4, -0.2) is 22.7 Å². The Morgan fingerprint density at radius 3 is 2.19 bits per heavy atom. The molecule has 1 heterocycles. The zero-order chi connectivity index (χ0) is 26.7. The molecule has 0 radical (unpaired) electrons. The van der Waals surface area contributed by atoms with E-state index in [4.69, 9.17) is 55.9 Å². The molecule has 0 aliphatic carbocycles. The Balaban J connectivity index is 1.55. The van der Waals surface area contributed by atoms with Gasteiger partial charge in [-0.2, -0.15) is 0 Å². The van der Waals surface area contributed by atoms with Crippen LogP contribution in [0.1, 0.15) is 23.6 Å². The van der Waals surface area contributed by atoms with Crippen molar-refractivity contribution in [2.75, 3.05) is 6.61 Å². The summed E-state index contributed by atoms with van der Waals surface area (Å²) in [6.07, 6.45) is 1.65. The summed E-state index contributed by atoms with van der Waals surface area (Å²) in [5.74, 6) is 0.589. The minimum Gasteiger partial charge on any atom is -0.490 e. The summed E-state index contributed by atoms with van der Waals surface area (Å²) in [5.41, 5.74) is 2.20. The van der Waals surface area contributed by atoms with Crippen LogP contribution in [0, 0.1) is 0 Å². The maximum absolute atomic E-state index is 13.0. The fourth-order valence-electron chi connectivity index (χ4n) is 3.47. The lowest BCUT2D eigenvalue weighted by molar-refractivity contribution is -0.123. The SMILES string of the molecule is CCOc1cc(/C=C2\SC(=O)N(Cc3ccc(Cl)c(Cl)c3)C2=O)cc(Br)c1OCc1ccc(Cl)c(Cl)c1. The molecule has 1 saturated heterocycles. The predicted molar refractivity (Wildman–Crippen MR) is 154 cm³/mol. The molecule has 0 bridgehead atoms. The monoisotopic (exact) mass is 659 g/mol. The van der Waals surface area contributed by atoms with E-state index in [1.807, 2.05) is 13.0 Å². The van der Waals surface area contributed by atoms with Crippen LogP contribution in [-0.2, 0) is 17.9 Å². The van der Waals surface area contributed by atoms with Crippen LogP contribution in [0.4, 0.5) is 4.79 Å². The minimum atomic E-state index is -0.393. The molecular formula is C26H18BrCl4NO4S. The second-order valence-corrected chi connectivity index (χ2v) is 11.3. The van der Waals surface area contributed by atoms with Crippen LogP contribution < -0.4 is 9.47 Å². The van der Waals surface area contributed by atoms with Gasteiger partial charge in [-0.1, -0.05) is 58.5 Å². The van der Waals surface area contributed by atoms with Gasteiger partial charge < -0.3 is 9.47 Å². The van der Waals surface area contributed by atoms with Crippen LogP contribution in [0.3, 0.4) is 0 Å². The third kappa shape index (κ3) is 6.77. The summed E-state index contributed by atoms with van der Waals surface area (Å²) in [4.78, 5) is 27.1. The molecule has 11 heteroatoms. The first-order valence-corrected chi connectivity index (χ1v) is 14.0. The van der Waals surface area contributed by atoms with E-state index in [-0.39, 0.29) is 18.4 Å². The Bertz CT molecular complexity index is 1420. The molecule has 0 aromatic heterocycles. The Morgan fingerprint density at radius 2 is 1.54 bits per heavy atom. The highest BCUT2D eigenvalue weighted by Crippen LogP contribution is 2.40. The van der Waals surface area contributed by atoms with Crippen molar-refractivity contribution in [2.24, 2.45) is 0 Å². The number of thioether (sulfide) groups is 1. The zero-order valence-corrected chi connectivity index (χ0v) is 24.6. The molecule has 0 unspecified atom stereocenters. The van der Waals surface area contributed by atoms with Crippen molar-refractivity contribution in [3.05, 3.63) is 94.7 Å². The number of rotatable bonds is 8. The number of halogens is 5. The van der Waals surface area contributed by atoms with Crippen LogP contribution in [0.2, 0.25) is 20.1 Å². The van der Waals surface area contributed by atoms with Gasteiger partial charge in [0.1, 0.15) is 6.61 Å². The van der Waals surface area contributed by atoms with Crippen molar-refractivity contribution in [3.8, 4) is 11.5 Å². The lowest BCUT2D eigenvalue weighted by Gasteiger charge is -2.15. The van der Waals surface area contributed by atoms with E-state index in [9.17, 15) is 9.59 Å². The van der Waals surface area contributed by atoms with Crippen molar-refractivity contribution < 1.29 is 19.1 Å². The van der Waals surface area contributed by atoms with Gasteiger partial charge in [0.15, 0.2) is 11.5 Å². The summed E-state index contributed by atoms with van der Waals surface area (Å²) >= 11 is 28.5. The van der Waals surface area contributed by atoms with Gasteiger partial charge in [0.25, 0.3) is 11.1 Å². The zero-order valence-electron chi connectivity index (χ0n) is 19.2. The molecule has 1 aliphatic rings. The average molecular weight is 662 g/mol. The van der Waals surface area contributed by atoms with E-state index in [2.05, 4.69) is 15.9 Å². The minimum absolute atomic E-state index is 0.0915. The van der Waals surface area contributed by atoms with E-state index in [1.165, 1.54) is 4.90 Å². The fraction of sp³-hybridized carbons (Fsp3) is 0.154. The van der Waals surface area contributed by atoms with E-state index in [0.717, 1.165) is 17.3 Å². The summed E-state index contributed by atoms with van der Waals surface area (Å²) in [7, 11) is 0. The molecule has 1 fully saturated rings. The lowest BCUT2D eigenvalue weighted by Crippen LogP contribution is -2.27. The van der Waals surface area contributed by atoms with E-state index >= 15 is 0 Å². The molecular weight excluding hydrogens is 644 g/mol. The van der Waals surface area contributed by atoms with Crippen molar-refractivity contribution in [1.82, 2.24) is 4.90 Å². The van der Waals surface area contributed by atoms with Gasteiger partial charge in [0.05, 0.1) is 42.6 Å². The van der Waals surface area contributed by atoms with E-state index < -0.39 is 5.91 Å². The second kappa shape index (κ2) is 12.3. The number of amides is 2. The summed E-state index contributed by atoms with van der Waals surface area (Å²) < 4.78 is 12.4. The highest BCUT2D eigenvalue weighted by molar-refractivity contribution is 9.10. The topological polar surface area (TPSA) is 55.8 Å². The molecule has 3 aromatic rings. The van der Waals surface area contributed by atoms with E-state index in [1.54, 1.807) is 48.5 Å². The number of imide groups is 1. The number of carbonyl (C=O) groups excluding carboxylic acids is 2. The van der Waals surface area contributed by atoms with Gasteiger partial charge in [-0.3, -0.25) is 14.5 Å². The lowest BCUT2D eigenvalue weighted by atomic mass is 10.1. The number of nitrogens with zero attached hydrogens (tertiary/aromatic N) is 1. The van der Waals surface area contributed by atoms with E-state index in [0.29, 0.717) is 58.7 Å². The summed E-state index contributed by atoms with van der Waals surface area (Å²) in [5, 5.41) is 1.30. The molecule has 2 amide bonds. The predicted octanol–water partition coefficient (Wildman–Crippen LogP) is 9.28. The number of hydrogen-bond acceptors (Lipinski definition) is 5. The van der Waals surface area contributed by atoms with Crippen molar-refractivity contribution in [1.29, 1.82) is 0 Å². The molecule has 37 heavy (non-hydrogen) atoms. The van der Waals surface area contributed by atoms with Crippen LogP contribution in [0.25, 0.3) is 6.08 Å². The number of hydrogen-bond donors (Lipinski definition) is 0. The average Bonchev–Trinajstić information content (AvgIpc) is 3.10. The third-order valence-electron chi connectivity index (χ3n) is 5.19. The Labute approximate surface area is 246 Å². The quantitative estimate of drug-likeness (QED) is 0.225. The molecule has 192 valence electrons. The number of benzene rings is 3. The van der Waals surface area contributed by atoms with Crippen LogP contribution >= 0.6 is 74.1 Å². The van der Waals surface area contributed by atoms with Crippen molar-refractivity contribution in [3.63, 3.8) is 0 Å². The van der Waals surface area contributed by atoms with Gasteiger partial charge in [-0.05, 0) is 93.8 Å². The number of carbonyl (C=O) groups is 2. The van der Waals surface area contributed by atoms with Gasteiger partial charge in [0, 0.05) is 0 Å².